The number of hydrogen-bond donors (Lipinski definition) is 2. The molecule has 1 heterocycles. The Bertz CT molecular complexity index is 625. The number of carbonyl (C=O) groups is 1. The monoisotopic (exact) mass is 298 g/mol. The maximum Gasteiger partial charge on any atom is 0.271 e. The van der Waals surface area contributed by atoms with Gasteiger partial charge in [0.2, 0.25) is 0 Å². The second-order valence-corrected chi connectivity index (χ2v) is 5.35. The van der Waals surface area contributed by atoms with Crippen molar-refractivity contribution in [2.24, 2.45) is 0 Å². The van der Waals surface area contributed by atoms with Crippen LogP contribution in [0.25, 0.3) is 0 Å². The number of aryl methyl sites for hydroxylation is 1. The summed E-state index contributed by atoms with van der Waals surface area (Å²) in [5, 5.41) is 6.08. The van der Waals surface area contributed by atoms with Crippen LogP contribution in [-0.4, -0.2) is 21.9 Å². The molecule has 0 aliphatic carbocycles. The number of amides is 1. The first kappa shape index (κ1) is 15.9. The van der Waals surface area contributed by atoms with Crippen molar-refractivity contribution in [3.63, 3.8) is 0 Å². The molecule has 116 valence electrons. The van der Waals surface area contributed by atoms with E-state index in [1.54, 1.807) is 6.20 Å². The molecule has 0 aliphatic heterocycles. The third kappa shape index (κ3) is 4.28. The number of aromatic nitrogens is 2. The minimum Gasteiger partial charge on any atom is -0.365 e. The van der Waals surface area contributed by atoms with Crippen LogP contribution < -0.4 is 10.6 Å². The van der Waals surface area contributed by atoms with Crippen molar-refractivity contribution < 1.29 is 4.79 Å². The molecule has 22 heavy (non-hydrogen) atoms. The average molecular weight is 298 g/mol. The average Bonchev–Trinajstić information content (AvgIpc) is 2.54. The summed E-state index contributed by atoms with van der Waals surface area (Å²) >= 11 is 0. The fourth-order valence-corrected chi connectivity index (χ4v) is 1.93. The van der Waals surface area contributed by atoms with Crippen molar-refractivity contribution in [3.05, 3.63) is 53.5 Å². The van der Waals surface area contributed by atoms with Crippen LogP contribution in [0.4, 0.5) is 5.82 Å². The Kier molecular flexibility index (Phi) is 5.47. The summed E-state index contributed by atoms with van der Waals surface area (Å²) in [5.41, 5.74) is 2.78. The summed E-state index contributed by atoms with van der Waals surface area (Å²) in [7, 11) is 0. The molecule has 2 N–H and O–H groups in total. The van der Waals surface area contributed by atoms with Crippen LogP contribution >= 0.6 is 0 Å². The summed E-state index contributed by atoms with van der Waals surface area (Å²) in [6.45, 7) is 6.74. The lowest BCUT2D eigenvalue weighted by Crippen LogP contribution is -2.32. The van der Waals surface area contributed by atoms with Crippen molar-refractivity contribution >= 4 is 11.7 Å². The Hall–Kier alpha value is -2.43. The van der Waals surface area contributed by atoms with E-state index in [-0.39, 0.29) is 11.9 Å². The Balaban J connectivity index is 1.95. The SMILES string of the molecule is CCC(C)NC(=O)c1cnc(NCc2ccccc2C)cn1. The van der Waals surface area contributed by atoms with Gasteiger partial charge in [0.05, 0.1) is 12.4 Å². The van der Waals surface area contributed by atoms with Gasteiger partial charge in [-0.15, -0.1) is 0 Å². The van der Waals surface area contributed by atoms with Crippen LogP contribution in [-0.2, 0) is 6.54 Å². The molecule has 0 bridgehead atoms. The smallest absolute Gasteiger partial charge is 0.271 e. The normalized spacial score (nSPS) is 11.8. The van der Waals surface area contributed by atoms with E-state index in [4.69, 9.17) is 0 Å². The molecule has 1 amide bonds. The van der Waals surface area contributed by atoms with Crippen LogP contribution in [0.1, 0.15) is 41.9 Å². The van der Waals surface area contributed by atoms with Crippen molar-refractivity contribution in [1.82, 2.24) is 15.3 Å². The molecule has 0 radical (unpaired) electrons. The van der Waals surface area contributed by atoms with E-state index in [9.17, 15) is 4.79 Å². The van der Waals surface area contributed by atoms with E-state index in [1.807, 2.05) is 26.0 Å². The third-order valence-electron chi connectivity index (χ3n) is 3.60. The fourth-order valence-electron chi connectivity index (χ4n) is 1.93. The molecule has 0 saturated carbocycles. The first-order valence-corrected chi connectivity index (χ1v) is 7.51. The lowest BCUT2D eigenvalue weighted by Gasteiger charge is -2.11. The quantitative estimate of drug-likeness (QED) is 0.860. The lowest BCUT2D eigenvalue weighted by molar-refractivity contribution is 0.0934. The molecule has 5 heteroatoms. The molecule has 5 nitrogen and oxygen atoms in total. The molecule has 1 aromatic carbocycles. The lowest BCUT2D eigenvalue weighted by atomic mass is 10.1. The Morgan fingerprint density at radius 2 is 2.00 bits per heavy atom. The topological polar surface area (TPSA) is 66.9 Å². The number of hydrogen-bond acceptors (Lipinski definition) is 4. The zero-order valence-electron chi connectivity index (χ0n) is 13.3. The van der Waals surface area contributed by atoms with E-state index in [1.165, 1.54) is 17.3 Å². The standard InChI is InChI=1S/C17H22N4O/c1-4-13(3)21-17(22)15-10-20-16(11-18-15)19-9-14-8-6-5-7-12(14)2/h5-8,10-11,13H,4,9H2,1-3H3,(H,19,20)(H,21,22). The van der Waals surface area contributed by atoms with E-state index in [0.717, 1.165) is 6.42 Å². The maximum absolute atomic E-state index is 11.9. The molecule has 1 unspecified atom stereocenters. The summed E-state index contributed by atoms with van der Waals surface area (Å²) in [4.78, 5) is 20.3. The number of nitrogens with zero attached hydrogens (tertiary/aromatic N) is 2. The summed E-state index contributed by atoms with van der Waals surface area (Å²) in [6.07, 6.45) is 3.97. The number of anilines is 1. The van der Waals surface area contributed by atoms with Gasteiger partial charge in [-0.25, -0.2) is 9.97 Å². The highest BCUT2D eigenvalue weighted by molar-refractivity contribution is 5.92. The Morgan fingerprint density at radius 3 is 2.64 bits per heavy atom. The second-order valence-electron chi connectivity index (χ2n) is 5.35. The van der Waals surface area contributed by atoms with Crippen molar-refractivity contribution in [2.45, 2.75) is 39.8 Å². The number of benzene rings is 1. The van der Waals surface area contributed by atoms with Gasteiger partial charge >= 0.3 is 0 Å². The number of carbonyl (C=O) groups excluding carboxylic acids is 1. The predicted molar refractivity (Wildman–Crippen MR) is 87.8 cm³/mol. The maximum atomic E-state index is 11.9. The fraction of sp³-hybridized carbons (Fsp3) is 0.353. The van der Waals surface area contributed by atoms with Crippen LogP contribution in [0.15, 0.2) is 36.7 Å². The van der Waals surface area contributed by atoms with Gasteiger partial charge in [-0.1, -0.05) is 31.2 Å². The summed E-state index contributed by atoms with van der Waals surface area (Å²) in [6, 6.07) is 8.31. The van der Waals surface area contributed by atoms with Crippen LogP contribution in [0.3, 0.4) is 0 Å². The van der Waals surface area contributed by atoms with Gasteiger partial charge in [0, 0.05) is 12.6 Å². The van der Waals surface area contributed by atoms with Crippen LogP contribution in [0.5, 0.6) is 0 Å². The molecule has 1 atom stereocenters. The molecule has 0 fully saturated rings. The highest BCUT2D eigenvalue weighted by atomic mass is 16.1. The Labute approximate surface area is 131 Å². The summed E-state index contributed by atoms with van der Waals surface area (Å²) in [5.74, 6) is 0.468. The minimum absolute atomic E-state index is 0.133. The van der Waals surface area contributed by atoms with Crippen molar-refractivity contribution in [1.29, 1.82) is 0 Å². The van der Waals surface area contributed by atoms with Gasteiger partial charge in [-0.2, -0.15) is 0 Å². The van der Waals surface area contributed by atoms with E-state index in [0.29, 0.717) is 18.1 Å². The molecule has 0 saturated heterocycles. The zero-order chi connectivity index (χ0) is 15.9. The highest BCUT2D eigenvalue weighted by Gasteiger charge is 2.10. The molecule has 2 aromatic rings. The minimum atomic E-state index is -0.188. The first-order valence-electron chi connectivity index (χ1n) is 7.51. The van der Waals surface area contributed by atoms with Gasteiger partial charge in [0.1, 0.15) is 11.5 Å². The molecular formula is C17H22N4O. The number of nitrogens with one attached hydrogen (secondary N) is 2. The van der Waals surface area contributed by atoms with Crippen molar-refractivity contribution in [2.75, 3.05) is 5.32 Å². The van der Waals surface area contributed by atoms with E-state index in [2.05, 4.69) is 39.7 Å². The predicted octanol–water partition coefficient (Wildman–Crippen LogP) is 2.93. The molecule has 1 aromatic heterocycles. The van der Waals surface area contributed by atoms with Crippen LogP contribution in [0, 0.1) is 6.92 Å². The zero-order valence-corrected chi connectivity index (χ0v) is 13.3. The van der Waals surface area contributed by atoms with Gasteiger partial charge in [-0.05, 0) is 31.4 Å². The van der Waals surface area contributed by atoms with Gasteiger partial charge < -0.3 is 10.6 Å². The van der Waals surface area contributed by atoms with Crippen molar-refractivity contribution in [3.8, 4) is 0 Å². The molecule has 0 spiro atoms. The number of rotatable bonds is 6. The van der Waals surface area contributed by atoms with E-state index >= 15 is 0 Å². The second kappa shape index (κ2) is 7.54. The highest BCUT2D eigenvalue weighted by Crippen LogP contribution is 2.09. The summed E-state index contributed by atoms with van der Waals surface area (Å²) < 4.78 is 0. The molecular weight excluding hydrogens is 276 g/mol. The van der Waals surface area contributed by atoms with Gasteiger partial charge in [0.25, 0.3) is 5.91 Å². The Morgan fingerprint density at radius 1 is 1.23 bits per heavy atom. The molecule has 0 aliphatic rings. The first-order chi connectivity index (χ1) is 10.6. The third-order valence-corrected chi connectivity index (χ3v) is 3.60. The van der Waals surface area contributed by atoms with Gasteiger partial charge in [-0.3, -0.25) is 4.79 Å². The van der Waals surface area contributed by atoms with Gasteiger partial charge in [0.15, 0.2) is 0 Å². The van der Waals surface area contributed by atoms with E-state index < -0.39 is 0 Å². The van der Waals surface area contributed by atoms with Crippen LogP contribution in [0.2, 0.25) is 0 Å². The largest absolute Gasteiger partial charge is 0.365 e. The molecule has 2 rings (SSSR count).